The van der Waals surface area contributed by atoms with E-state index < -0.39 is 26.5 Å². The summed E-state index contributed by atoms with van der Waals surface area (Å²) in [5.74, 6) is -0.831. The Labute approximate surface area is 300 Å². The topological polar surface area (TPSA) is 134 Å². The molecular formula is C39H76NO8P. The van der Waals surface area contributed by atoms with Crippen LogP contribution < -0.4 is 5.73 Å². The molecule has 0 fully saturated rings. The van der Waals surface area contributed by atoms with Crippen molar-refractivity contribution in [2.24, 2.45) is 5.73 Å². The monoisotopic (exact) mass is 718 g/mol. The van der Waals surface area contributed by atoms with Crippen molar-refractivity contribution >= 4 is 19.8 Å². The number of carbonyl (C=O) groups excluding carboxylic acids is 2. The van der Waals surface area contributed by atoms with Crippen molar-refractivity contribution in [2.75, 3.05) is 26.4 Å². The van der Waals surface area contributed by atoms with E-state index in [2.05, 4.69) is 26.0 Å². The lowest BCUT2D eigenvalue weighted by atomic mass is 10.0. The van der Waals surface area contributed by atoms with E-state index in [1.807, 2.05) is 0 Å². The minimum absolute atomic E-state index is 0.0546. The summed E-state index contributed by atoms with van der Waals surface area (Å²) < 4.78 is 32.7. The Morgan fingerprint density at radius 3 is 1.45 bits per heavy atom. The molecule has 0 aromatic heterocycles. The van der Waals surface area contributed by atoms with Gasteiger partial charge in [0.15, 0.2) is 6.10 Å². The summed E-state index contributed by atoms with van der Waals surface area (Å²) in [6, 6.07) is 0. The van der Waals surface area contributed by atoms with Gasteiger partial charge in [-0.3, -0.25) is 18.6 Å². The van der Waals surface area contributed by atoms with Crippen molar-refractivity contribution in [3.8, 4) is 0 Å². The van der Waals surface area contributed by atoms with Crippen LogP contribution in [-0.2, 0) is 32.7 Å². The molecule has 0 bridgehead atoms. The molecule has 0 saturated heterocycles. The van der Waals surface area contributed by atoms with Gasteiger partial charge in [0.2, 0.25) is 0 Å². The largest absolute Gasteiger partial charge is 0.472 e. The van der Waals surface area contributed by atoms with E-state index >= 15 is 0 Å². The molecule has 1 unspecified atom stereocenters. The fourth-order valence-corrected chi connectivity index (χ4v) is 6.39. The Kier molecular flexibility index (Phi) is 35.6. The molecule has 2 atom stereocenters. The number of phosphoric acid groups is 1. The summed E-state index contributed by atoms with van der Waals surface area (Å²) in [4.78, 5) is 34.7. The van der Waals surface area contributed by atoms with Gasteiger partial charge in [0.1, 0.15) is 6.61 Å². The summed E-state index contributed by atoms with van der Waals surface area (Å²) in [5, 5.41) is 0. The van der Waals surface area contributed by atoms with Crippen molar-refractivity contribution < 1.29 is 37.6 Å². The molecule has 0 aliphatic rings. The summed E-state index contributed by atoms with van der Waals surface area (Å²) in [6.07, 6.45) is 35.2. The molecule has 9 nitrogen and oxygen atoms in total. The Balaban J connectivity index is 4.18. The minimum Gasteiger partial charge on any atom is -0.462 e. The highest BCUT2D eigenvalue weighted by Gasteiger charge is 2.26. The minimum atomic E-state index is -4.37. The molecule has 0 amide bonds. The third-order valence-corrected chi connectivity index (χ3v) is 9.64. The SMILES string of the molecule is CCCCCCC/C=C/CCCCCCCC(=O)O[C@H](COC(=O)CCCCCCCCCCCCCCCC)COP(=O)(O)OCCN. The summed E-state index contributed by atoms with van der Waals surface area (Å²) in [6.45, 7) is 3.72. The molecule has 0 aromatic carbocycles. The molecular weight excluding hydrogens is 641 g/mol. The van der Waals surface area contributed by atoms with Gasteiger partial charge in [-0.25, -0.2) is 4.57 Å². The van der Waals surface area contributed by atoms with E-state index in [-0.39, 0.29) is 38.6 Å². The van der Waals surface area contributed by atoms with E-state index in [0.717, 1.165) is 51.4 Å². The van der Waals surface area contributed by atoms with Crippen molar-refractivity contribution in [3.05, 3.63) is 12.2 Å². The van der Waals surface area contributed by atoms with Gasteiger partial charge in [-0.15, -0.1) is 0 Å². The fourth-order valence-electron chi connectivity index (χ4n) is 5.63. The van der Waals surface area contributed by atoms with Gasteiger partial charge in [-0.05, 0) is 38.5 Å². The Hall–Kier alpha value is -1.25. The molecule has 0 aliphatic heterocycles. The number of unbranched alkanes of at least 4 members (excludes halogenated alkanes) is 23. The average Bonchev–Trinajstić information content (AvgIpc) is 3.08. The van der Waals surface area contributed by atoms with Gasteiger partial charge >= 0.3 is 19.8 Å². The molecule has 0 saturated carbocycles. The number of esters is 2. The van der Waals surface area contributed by atoms with Gasteiger partial charge in [-0.1, -0.05) is 154 Å². The van der Waals surface area contributed by atoms with E-state index in [1.54, 1.807) is 0 Å². The number of hydrogen-bond donors (Lipinski definition) is 2. The third-order valence-electron chi connectivity index (χ3n) is 8.65. The van der Waals surface area contributed by atoms with E-state index in [9.17, 15) is 19.0 Å². The maximum Gasteiger partial charge on any atom is 0.472 e. The predicted molar refractivity (Wildman–Crippen MR) is 201 cm³/mol. The molecule has 0 rings (SSSR count). The average molecular weight is 718 g/mol. The molecule has 49 heavy (non-hydrogen) atoms. The molecule has 0 aliphatic carbocycles. The zero-order valence-corrected chi connectivity index (χ0v) is 32.6. The first kappa shape index (κ1) is 47.8. The van der Waals surface area contributed by atoms with Crippen molar-refractivity contribution in [1.29, 1.82) is 0 Å². The maximum atomic E-state index is 12.5. The maximum absolute atomic E-state index is 12.5. The molecule has 0 spiro atoms. The van der Waals surface area contributed by atoms with E-state index in [4.69, 9.17) is 24.3 Å². The van der Waals surface area contributed by atoms with Crippen molar-refractivity contribution in [1.82, 2.24) is 0 Å². The Morgan fingerprint density at radius 2 is 1.00 bits per heavy atom. The Morgan fingerprint density at radius 1 is 0.592 bits per heavy atom. The van der Waals surface area contributed by atoms with Crippen LogP contribution in [0.4, 0.5) is 0 Å². The van der Waals surface area contributed by atoms with Gasteiger partial charge in [0.05, 0.1) is 13.2 Å². The number of rotatable bonds is 38. The van der Waals surface area contributed by atoms with Crippen molar-refractivity contribution in [2.45, 2.75) is 200 Å². The lowest BCUT2D eigenvalue weighted by Gasteiger charge is -2.19. The van der Waals surface area contributed by atoms with E-state index in [0.29, 0.717) is 6.42 Å². The van der Waals surface area contributed by atoms with Crippen LogP contribution in [0.3, 0.4) is 0 Å². The number of phosphoric ester groups is 1. The fraction of sp³-hybridized carbons (Fsp3) is 0.897. The Bertz CT molecular complexity index is 825. The van der Waals surface area contributed by atoms with E-state index in [1.165, 1.54) is 109 Å². The second-order valence-corrected chi connectivity index (χ2v) is 15.0. The first-order valence-electron chi connectivity index (χ1n) is 20.2. The zero-order chi connectivity index (χ0) is 36.1. The summed E-state index contributed by atoms with van der Waals surface area (Å²) in [5.41, 5.74) is 5.33. The predicted octanol–water partition coefficient (Wildman–Crippen LogP) is 11.1. The van der Waals surface area contributed by atoms with Gasteiger partial charge < -0.3 is 20.1 Å². The number of allylic oxidation sites excluding steroid dienone is 2. The van der Waals surface area contributed by atoms with Crippen LogP contribution in [0.5, 0.6) is 0 Å². The second kappa shape index (κ2) is 36.5. The number of nitrogens with two attached hydrogens (primary N) is 1. The summed E-state index contributed by atoms with van der Waals surface area (Å²) >= 11 is 0. The summed E-state index contributed by atoms with van der Waals surface area (Å²) in [7, 11) is -4.37. The highest BCUT2D eigenvalue weighted by Crippen LogP contribution is 2.43. The van der Waals surface area contributed by atoms with Crippen molar-refractivity contribution in [3.63, 3.8) is 0 Å². The number of carbonyl (C=O) groups is 2. The van der Waals surface area contributed by atoms with Crippen LogP contribution in [0.25, 0.3) is 0 Å². The molecule has 3 N–H and O–H groups in total. The first-order valence-corrected chi connectivity index (χ1v) is 21.7. The molecule has 0 aromatic rings. The van der Waals surface area contributed by atoms with Crippen LogP contribution in [0.2, 0.25) is 0 Å². The van der Waals surface area contributed by atoms with Crippen LogP contribution in [0.1, 0.15) is 194 Å². The quantitative estimate of drug-likeness (QED) is 0.0277. The van der Waals surface area contributed by atoms with Crippen LogP contribution >= 0.6 is 7.82 Å². The smallest absolute Gasteiger partial charge is 0.462 e. The molecule has 290 valence electrons. The van der Waals surface area contributed by atoms with Crippen LogP contribution in [0.15, 0.2) is 12.2 Å². The number of hydrogen-bond acceptors (Lipinski definition) is 8. The molecule has 0 heterocycles. The highest BCUT2D eigenvalue weighted by atomic mass is 31.2. The third kappa shape index (κ3) is 36.3. The zero-order valence-electron chi connectivity index (χ0n) is 31.7. The normalized spacial score (nSPS) is 13.5. The lowest BCUT2D eigenvalue weighted by Crippen LogP contribution is -2.29. The molecule has 10 heteroatoms. The highest BCUT2D eigenvalue weighted by molar-refractivity contribution is 7.47. The van der Waals surface area contributed by atoms with Gasteiger partial charge in [0, 0.05) is 19.4 Å². The van der Waals surface area contributed by atoms with Gasteiger partial charge in [0.25, 0.3) is 0 Å². The van der Waals surface area contributed by atoms with Crippen LogP contribution in [-0.4, -0.2) is 49.3 Å². The van der Waals surface area contributed by atoms with Gasteiger partial charge in [-0.2, -0.15) is 0 Å². The first-order chi connectivity index (χ1) is 23.8. The molecule has 0 radical (unpaired) electrons. The lowest BCUT2D eigenvalue weighted by molar-refractivity contribution is -0.161. The van der Waals surface area contributed by atoms with Crippen LogP contribution in [0, 0.1) is 0 Å². The second-order valence-electron chi connectivity index (χ2n) is 13.5. The standard InChI is InChI=1S/C39H76NO8P/c1-3-5-7-9-11-13-15-17-19-21-23-25-27-29-31-38(41)45-35-37(36-47-49(43,44)46-34-33-40)48-39(42)32-30-28-26-24-22-20-18-16-14-12-10-8-6-4-2/h16,18,37H,3-15,17,19-36,40H2,1-2H3,(H,43,44)/b18-16+/t37-/m1/s1. The number of ether oxygens (including phenoxy) is 2.